The number of piperazine rings is 1. The van der Waals surface area contributed by atoms with Crippen molar-refractivity contribution >= 4 is 11.8 Å². The minimum Gasteiger partial charge on any atom is -0.444 e. The summed E-state index contributed by atoms with van der Waals surface area (Å²) in [5.74, 6) is 0.461. The molecule has 1 amide bonds. The Morgan fingerprint density at radius 2 is 1.48 bits per heavy atom. The Morgan fingerprint density at radius 3 is 1.90 bits per heavy atom. The van der Waals surface area contributed by atoms with Crippen molar-refractivity contribution in [3.05, 3.63) is 71.1 Å². The zero-order valence-electron chi connectivity index (χ0n) is 35.3. The van der Waals surface area contributed by atoms with Gasteiger partial charge in [0.15, 0.2) is 0 Å². The summed E-state index contributed by atoms with van der Waals surface area (Å²) in [6, 6.07) is 2.16. The van der Waals surface area contributed by atoms with Crippen molar-refractivity contribution in [1.82, 2.24) is 9.80 Å². The van der Waals surface area contributed by atoms with Crippen molar-refractivity contribution in [2.24, 2.45) is 10.9 Å². The predicted molar refractivity (Wildman–Crippen MR) is 222 cm³/mol. The molecule has 0 bridgehead atoms. The molecular weight excluding hydrogens is 617 g/mol. The molecule has 6 nitrogen and oxygen atoms in total. The van der Waals surface area contributed by atoms with E-state index in [9.17, 15) is 4.79 Å². The summed E-state index contributed by atoms with van der Waals surface area (Å²) in [5, 5.41) is 8.83. The summed E-state index contributed by atoms with van der Waals surface area (Å²) >= 11 is 0. The van der Waals surface area contributed by atoms with Gasteiger partial charge in [0.25, 0.3) is 0 Å². The number of hydrogen-bond acceptors (Lipinski definition) is 5. The van der Waals surface area contributed by atoms with Gasteiger partial charge >= 0.3 is 6.09 Å². The zero-order chi connectivity index (χ0) is 39.1. The Labute approximate surface area is 310 Å². The van der Waals surface area contributed by atoms with Crippen LogP contribution in [0.1, 0.15) is 155 Å². The van der Waals surface area contributed by atoms with Gasteiger partial charge in [0.05, 0.1) is 11.6 Å². The van der Waals surface area contributed by atoms with E-state index in [-0.39, 0.29) is 6.09 Å². The van der Waals surface area contributed by atoms with E-state index < -0.39 is 5.60 Å². The van der Waals surface area contributed by atoms with Crippen LogP contribution in [0.2, 0.25) is 0 Å². The monoisotopic (exact) mass is 695 g/mol. The van der Waals surface area contributed by atoms with Crippen LogP contribution in [-0.4, -0.2) is 53.4 Å². The van der Waals surface area contributed by atoms with Gasteiger partial charge < -0.3 is 14.5 Å². The fourth-order valence-electron chi connectivity index (χ4n) is 4.73. The first kappa shape index (κ1) is 51.0. The lowest BCUT2D eigenvalue weighted by Gasteiger charge is -2.38. The highest BCUT2D eigenvalue weighted by atomic mass is 16.6. The molecule has 0 aromatic rings. The molecule has 50 heavy (non-hydrogen) atoms. The maximum atomic E-state index is 12.4. The Hall–Kier alpha value is -3.33. The predicted octanol–water partition coefficient (Wildman–Crippen LogP) is 13.2. The second-order valence-electron chi connectivity index (χ2n) is 13.7. The highest BCUT2D eigenvalue weighted by molar-refractivity contribution is 6.03. The number of carbonyl (C=O) groups excluding carboxylic acids is 1. The van der Waals surface area contributed by atoms with Gasteiger partial charge in [0.1, 0.15) is 5.60 Å². The van der Waals surface area contributed by atoms with Crippen LogP contribution in [0.15, 0.2) is 76.1 Å². The number of hydrogen-bond donors (Lipinski definition) is 0. The maximum Gasteiger partial charge on any atom is 0.410 e. The van der Waals surface area contributed by atoms with Gasteiger partial charge in [-0.1, -0.05) is 118 Å². The number of rotatable bonds is 13. The van der Waals surface area contributed by atoms with Crippen LogP contribution in [0, 0.1) is 17.2 Å². The summed E-state index contributed by atoms with van der Waals surface area (Å²) in [6.07, 6.45) is 20.5. The quantitative estimate of drug-likeness (QED) is 0.109. The molecule has 0 aromatic carbocycles. The van der Waals surface area contributed by atoms with Crippen LogP contribution in [0.3, 0.4) is 0 Å². The number of ether oxygens (including phenoxy) is 1. The molecular formula is C44H78N4O2. The van der Waals surface area contributed by atoms with Gasteiger partial charge in [0.2, 0.25) is 0 Å². The molecule has 0 N–H and O–H groups in total. The molecule has 0 saturated carbocycles. The SMILES string of the molecule is C=C(/C=C(C#N)\C=C/CCC)CCC.CCC.CCC.C\C=C(C(/C(C)=N/C=C/CC)=C(/C)N1CCN(C(=O)OC(C)(C)C)CC1)\C(C)CC. The number of nitriles is 1. The molecule has 1 unspecified atom stereocenters. The van der Waals surface area contributed by atoms with Gasteiger partial charge in [0, 0.05) is 49.4 Å². The normalized spacial score (nSPS) is 15.1. The van der Waals surface area contributed by atoms with E-state index in [1.807, 2.05) is 50.1 Å². The largest absolute Gasteiger partial charge is 0.444 e. The van der Waals surface area contributed by atoms with Gasteiger partial charge in [-0.25, -0.2) is 4.79 Å². The molecule has 1 heterocycles. The van der Waals surface area contributed by atoms with E-state index in [1.54, 1.807) is 0 Å². The molecule has 6 heteroatoms. The van der Waals surface area contributed by atoms with E-state index in [2.05, 4.69) is 113 Å². The highest BCUT2D eigenvalue weighted by Gasteiger charge is 2.27. The first-order valence-electron chi connectivity index (χ1n) is 19.4. The van der Waals surface area contributed by atoms with Crippen LogP contribution in [0.4, 0.5) is 4.79 Å². The van der Waals surface area contributed by atoms with Crippen molar-refractivity contribution in [3.63, 3.8) is 0 Å². The lowest BCUT2D eigenvalue weighted by molar-refractivity contribution is 0.0168. The van der Waals surface area contributed by atoms with Gasteiger partial charge in [-0.05, 0) is 90.9 Å². The van der Waals surface area contributed by atoms with E-state index in [0.717, 1.165) is 62.9 Å². The van der Waals surface area contributed by atoms with E-state index in [4.69, 9.17) is 15.0 Å². The number of amides is 1. The Kier molecular flexibility index (Phi) is 32.3. The number of allylic oxidation sites excluding steroid dienone is 10. The van der Waals surface area contributed by atoms with Crippen molar-refractivity contribution in [3.8, 4) is 6.07 Å². The van der Waals surface area contributed by atoms with Crippen molar-refractivity contribution in [2.45, 2.75) is 161 Å². The Balaban J connectivity index is -0.000000915. The second-order valence-corrected chi connectivity index (χ2v) is 13.7. The summed E-state index contributed by atoms with van der Waals surface area (Å²) in [4.78, 5) is 21.3. The average molecular weight is 695 g/mol. The summed E-state index contributed by atoms with van der Waals surface area (Å²) in [5.41, 5.74) is 6.13. The fourth-order valence-corrected chi connectivity index (χ4v) is 4.73. The molecule has 0 radical (unpaired) electrons. The van der Waals surface area contributed by atoms with Crippen molar-refractivity contribution < 1.29 is 9.53 Å². The summed E-state index contributed by atoms with van der Waals surface area (Å²) in [7, 11) is 0. The molecule has 0 aliphatic carbocycles. The van der Waals surface area contributed by atoms with Crippen LogP contribution < -0.4 is 0 Å². The highest BCUT2D eigenvalue weighted by Crippen LogP contribution is 2.29. The molecule has 1 saturated heterocycles. The molecule has 1 aliphatic rings. The van der Waals surface area contributed by atoms with Crippen LogP contribution in [0.25, 0.3) is 0 Å². The van der Waals surface area contributed by atoms with Gasteiger partial charge in [-0.15, -0.1) is 0 Å². The Morgan fingerprint density at radius 1 is 0.940 bits per heavy atom. The summed E-state index contributed by atoms with van der Waals surface area (Å²) in [6.45, 7) is 38.3. The molecule has 1 rings (SSSR count). The fraction of sp³-hybridized carbons (Fsp3) is 0.659. The third kappa shape index (κ3) is 24.7. The third-order valence-corrected chi connectivity index (χ3v) is 7.29. The van der Waals surface area contributed by atoms with E-state index in [1.165, 1.54) is 29.7 Å². The average Bonchev–Trinajstić information content (AvgIpc) is 3.06. The number of aliphatic imine (C=N–C) groups is 1. The first-order valence-corrected chi connectivity index (χ1v) is 19.4. The van der Waals surface area contributed by atoms with Crippen LogP contribution >= 0.6 is 0 Å². The first-order chi connectivity index (χ1) is 23.6. The molecule has 1 aliphatic heterocycles. The van der Waals surface area contributed by atoms with Gasteiger partial charge in [-0.2, -0.15) is 5.26 Å². The zero-order valence-corrected chi connectivity index (χ0v) is 35.3. The minimum atomic E-state index is -0.464. The van der Waals surface area contributed by atoms with Crippen molar-refractivity contribution in [2.75, 3.05) is 26.2 Å². The van der Waals surface area contributed by atoms with E-state index in [0.29, 0.717) is 24.6 Å². The topological polar surface area (TPSA) is 68.9 Å². The maximum absolute atomic E-state index is 12.4. The number of carbonyl (C=O) groups is 1. The Bertz CT molecular complexity index is 1150. The minimum absolute atomic E-state index is 0.222. The van der Waals surface area contributed by atoms with Crippen LogP contribution in [0.5, 0.6) is 0 Å². The summed E-state index contributed by atoms with van der Waals surface area (Å²) < 4.78 is 5.54. The molecule has 1 atom stereocenters. The molecule has 286 valence electrons. The third-order valence-electron chi connectivity index (χ3n) is 7.29. The number of nitrogens with zero attached hydrogens (tertiary/aromatic N) is 4. The molecule has 0 spiro atoms. The lowest BCUT2D eigenvalue weighted by atomic mass is 9.87. The van der Waals surface area contributed by atoms with E-state index >= 15 is 0 Å². The standard InChI is InChI=1S/C25H43N3O2.C13H19N.2C3H8/c1-10-13-14-26-20(5)23(22(12-3)19(4)11-2)21(6)27-15-17-28(18-16-27)24(29)30-25(7,8)9;1-4-6-7-9-13(11-14)10-12(3)8-5-2;2*1-3-2/h12-14,19H,10-11,15-18H2,1-9H3;7,9-10H,3-6,8H2,1-2H3;2*3H2,1-2H3/b14-13+,22-12-,23-21-,26-20+;9-7-,13-10+;;. The van der Waals surface area contributed by atoms with Crippen molar-refractivity contribution in [1.29, 1.82) is 5.26 Å². The second kappa shape index (κ2) is 31.6. The lowest BCUT2D eigenvalue weighted by Crippen LogP contribution is -2.49. The molecule has 1 fully saturated rings. The smallest absolute Gasteiger partial charge is 0.410 e. The number of unbranched alkanes of at least 4 members (excludes halogenated alkanes) is 1. The molecule has 0 aromatic heterocycles. The van der Waals surface area contributed by atoms with Gasteiger partial charge in [-0.3, -0.25) is 4.99 Å². The van der Waals surface area contributed by atoms with Crippen LogP contribution in [-0.2, 0) is 4.74 Å².